The fraction of sp³-hybridized carbons (Fsp3) is 0.208. The summed E-state index contributed by atoms with van der Waals surface area (Å²) in [5, 5.41) is 0. The molecule has 0 fully saturated rings. The number of methoxy groups -OCH3 is 2. The minimum absolute atomic E-state index is 0.179. The van der Waals surface area contributed by atoms with Crippen molar-refractivity contribution >= 4 is 23.2 Å². The number of nitrogens with zero attached hydrogens (tertiary/aromatic N) is 2. The van der Waals surface area contributed by atoms with Gasteiger partial charge in [0, 0.05) is 22.9 Å². The first kappa shape index (κ1) is 21.7. The van der Waals surface area contributed by atoms with Crippen molar-refractivity contribution in [1.82, 2.24) is 4.57 Å². The highest BCUT2D eigenvalue weighted by Crippen LogP contribution is 2.37. The third-order valence-electron chi connectivity index (χ3n) is 5.30. The van der Waals surface area contributed by atoms with Crippen LogP contribution in [0.15, 0.2) is 63.5 Å². The Morgan fingerprint density at radius 2 is 1.88 bits per heavy atom. The molecule has 1 aliphatic rings. The van der Waals surface area contributed by atoms with E-state index in [1.54, 1.807) is 50.4 Å². The Kier molecular flexibility index (Phi) is 5.80. The van der Waals surface area contributed by atoms with Crippen molar-refractivity contribution in [3.63, 3.8) is 0 Å². The molecule has 32 heavy (non-hydrogen) atoms. The van der Waals surface area contributed by atoms with Crippen LogP contribution in [-0.2, 0) is 4.79 Å². The highest BCUT2D eigenvalue weighted by molar-refractivity contribution is 7.07. The number of carbonyl (C=O) groups is 1. The number of ether oxygens (including phenoxy) is 2. The number of rotatable bonds is 5. The van der Waals surface area contributed by atoms with Gasteiger partial charge in [0.1, 0.15) is 17.3 Å². The molecule has 4 rings (SSSR count). The molecule has 0 N–H and O–H groups in total. The number of ketones is 1. The van der Waals surface area contributed by atoms with Gasteiger partial charge in [-0.2, -0.15) is 0 Å². The molecule has 1 aromatic heterocycles. The maximum Gasteiger partial charge on any atom is 0.271 e. The van der Waals surface area contributed by atoms with Crippen LogP contribution in [0.3, 0.4) is 0 Å². The van der Waals surface area contributed by atoms with Crippen LogP contribution >= 0.6 is 11.3 Å². The summed E-state index contributed by atoms with van der Waals surface area (Å²) in [6, 6.07) is 10.5. The van der Waals surface area contributed by atoms with Gasteiger partial charge in [0.2, 0.25) is 0 Å². The van der Waals surface area contributed by atoms with Crippen molar-refractivity contribution in [3.05, 3.63) is 90.4 Å². The molecule has 0 saturated carbocycles. The van der Waals surface area contributed by atoms with Crippen LogP contribution in [0.25, 0.3) is 6.08 Å². The molecular weight excluding hydrogens is 431 g/mol. The molecule has 2 aromatic carbocycles. The molecule has 0 radical (unpaired) electrons. The summed E-state index contributed by atoms with van der Waals surface area (Å²) in [6.07, 6.45) is 1.69. The van der Waals surface area contributed by atoms with Crippen LogP contribution in [0.2, 0.25) is 0 Å². The van der Waals surface area contributed by atoms with Gasteiger partial charge < -0.3 is 9.47 Å². The molecule has 0 aliphatic carbocycles. The summed E-state index contributed by atoms with van der Waals surface area (Å²) < 4.78 is 26.1. The predicted molar refractivity (Wildman–Crippen MR) is 120 cm³/mol. The van der Waals surface area contributed by atoms with Crippen LogP contribution in [0.5, 0.6) is 11.5 Å². The molecule has 6 nitrogen and oxygen atoms in total. The molecule has 2 heterocycles. The Hall–Kier alpha value is -3.52. The van der Waals surface area contributed by atoms with E-state index in [0.717, 1.165) is 0 Å². The van der Waals surface area contributed by atoms with Gasteiger partial charge in [-0.3, -0.25) is 14.2 Å². The average Bonchev–Trinajstić information content (AvgIpc) is 3.08. The fourth-order valence-corrected chi connectivity index (χ4v) is 4.87. The maximum atomic E-state index is 13.5. The first-order valence-corrected chi connectivity index (χ1v) is 10.7. The Balaban J connectivity index is 1.99. The lowest BCUT2D eigenvalue weighted by atomic mass is 9.92. The van der Waals surface area contributed by atoms with Crippen LogP contribution < -0.4 is 24.4 Å². The van der Waals surface area contributed by atoms with Gasteiger partial charge >= 0.3 is 0 Å². The monoisotopic (exact) mass is 452 g/mol. The second kappa shape index (κ2) is 8.55. The number of fused-ring (bicyclic) bond motifs is 1. The summed E-state index contributed by atoms with van der Waals surface area (Å²) in [5.74, 6) is 0.564. The quantitative estimate of drug-likeness (QED) is 0.597. The molecule has 0 spiro atoms. The van der Waals surface area contributed by atoms with E-state index in [1.807, 2.05) is 0 Å². The molecule has 0 amide bonds. The van der Waals surface area contributed by atoms with E-state index < -0.39 is 6.04 Å². The number of benzene rings is 2. The second-order valence-corrected chi connectivity index (χ2v) is 8.31. The number of carbonyl (C=O) groups excluding carboxylic acids is 1. The zero-order valence-corrected chi connectivity index (χ0v) is 18.8. The minimum atomic E-state index is -0.694. The predicted octanol–water partition coefficient (Wildman–Crippen LogP) is 2.98. The van der Waals surface area contributed by atoms with Gasteiger partial charge in [-0.05, 0) is 49.8 Å². The normalized spacial score (nSPS) is 15.9. The summed E-state index contributed by atoms with van der Waals surface area (Å²) in [7, 11) is 3.08. The van der Waals surface area contributed by atoms with Crippen molar-refractivity contribution in [2.24, 2.45) is 4.99 Å². The van der Waals surface area contributed by atoms with Crippen molar-refractivity contribution in [3.8, 4) is 11.5 Å². The highest BCUT2D eigenvalue weighted by atomic mass is 32.1. The Morgan fingerprint density at radius 3 is 2.50 bits per heavy atom. The molecule has 1 atom stereocenters. The van der Waals surface area contributed by atoms with E-state index in [0.29, 0.717) is 43.2 Å². The van der Waals surface area contributed by atoms with Crippen molar-refractivity contribution in [2.75, 3.05) is 14.2 Å². The molecule has 1 aliphatic heterocycles. The van der Waals surface area contributed by atoms with E-state index in [-0.39, 0.29) is 17.2 Å². The summed E-state index contributed by atoms with van der Waals surface area (Å²) in [4.78, 5) is 31.1. The summed E-state index contributed by atoms with van der Waals surface area (Å²) >= 11 is 1.22. The fourth-order valence-electron chi connectivity index (χ4n) is 3.82. The second-order valence-electron chi connectivity index (χ2n) is 7.30. The van der Waals surface area contributed by atoms with Gasteiger partial charge in [-0.15, -0.1) is 0 Å². The average molecular weight is 453 g/mol. The lowest BCUT2D eigenvalue weighted by molar-refractivity contribution is -0.114. The topological polar surface area (TPSA) is 69.9 Å². The number of Topliss-reactive ketones (excluding diaryl/α,β-unsaturated/α-hetero) is 1. The van der Waals surface area contributed by atoms with Gasteiger partial charge in [0.15, 0.2) is 10.6 Å². The van der Waals surface area contributed by atoms with E-state index in [2.05, 4.69) is 4.99 Å². The van der Waals surface area contributed by atoms with Gasteiger partial charge in [-0.1, -0.05) is 23.5 Å². The Bertz CT molecular complexity index is 1420. The SMILES string of the molecule is COc1ccc([C@@H]2C(C(C)=O)=C(C)N=c3s/c(=C\c4ccc(F)cc4)c(=O)n32)c(OC)c1. The molecule has 0 unspecified atom stereocenters. The Labute approximate surface area is 187 Å². The Morgan fingerprint density at radius 1 is 1.16 bits per heavy atom. The van der Waals surface area contributed by atoms with Gasteiger partial charge in [0.25, 0.3) is 5.56 Å². The van der Waals surface area contributed by atoms with Gasteiger partial charge in [-0.25, -0.2) is 9.38 Å². The number of aromatic nitrogens is 1. The van der Waals surface area contributed by atoms with Crippen LogP contribution in [-0.4, -0.2) is 24.6 Å². The van der Waals surface area contributed by atoms with E-state index >= 15 is 0 Å². The highest BCUT2D eigenvalue weighted by Gasteiger charge is 2.32. The smallest absolute Gasteiger partial charge is 0.271 e. The van der Waals surface area contributed by atoms with E-state index in [9.17, 15) is 14.0 Å². The lowest BCUT2D eigenvalue weighted by Gasteiger charge is -2.26. The third-order valence-corrected chi connectivity index (χ3v) is 6.29. The number of thiazole rings is 1. The lowest BCUT2D eigenvalue weighted by Crippen LogP contribution is -2.39. The first-order chi connectivity index (χ1) is 15.3. The van der Waals surface area contributed by atoms with Crippen LogP contribution in [0, 0.1) is 5.82 Å². The number of halogens is 1. The largest absolute Gasteiger partial charge is 0.497 e. The summed E-state index contributed by atoms with van der Waals surface area (Å²) in [5.41, 5.74) is 2.04. The first-order valence-electron chi connectivity index (χ1n) is 9.85. The van der Waals surface area contributed by atoms with Crippen molar-refractivity contribution in [1.29, 1.82) is 0 Å². The molecule has 164 valence electrons. The summed E-state index contributed by atoms with van der Waals surface area (Å²) in [6.45, 7) is 3.22. The number of allylic oxidation sites excluding steroid dienone is 2. The molecular formula is C24H21FN2O4S. The van der Waals surface area contributed by atoms with Crippen LogP contribution in [0.4, 0.5) is 4.39 Å². The zero-order chi connectivity index (χ0) is 23.0. The van der Waals surface area contributed by atoms with Crippen LogP contribution in [0.1, 0.15) is 31.0 Å². The zero-order valence-electron chi connectivity index (χ0n) is 18.0. The molecule has 8 heteroatoms. The number of hydrogen-bond donors (Lipinski definition) is 0. The molecule has 3 aromatic rings. The standard InChI is InChI=1S/C24H21FN2O4S/c1-13-21(14(2)28)22(18-10-9-17(30-3)12-19(18)31-4)27-23(29)20(32-24(27)26-13)11-15-5-7-16(25)8-6-15/h5-12,22H,1-4H3/b20-11-/t22-/m1/s1. The number of hydrogen-bond acceptors (Lipinski definition) is 6. The van der Waals surface area contributed by atoms with E-state index in [1.165, 1.54) is 42.1 Å². The van der Waals surface area contributed by atoms with Gasteiger partial charge in [0.05, 0.1) is 24.8 Å². The van der Waals surface area contributed by atoms with Crippen molar-refractivity contribution < 1.29 is 18.7 Å². The molecule has 0 saturated heterocycles. The van der Waals surface area contributed by atoms with Crippen molar-refractivity contribution in [2.45, 2.75) is 19.9 Å². The third kappa shape index (κ3) is 3.78. The molecule has 0 bridgehead atoms. The van der Waals surface area contributed by atoms with E-state index in [4.69, 9.17) is 9.47 Å². The maximum absolute atomic E-state index is 13.5. The minimum Gasteiger partial charge on any atom is -0.497 e.